The summed E-state index contributed by atoms with van der Waals surface area (Å²) in [5.74, 6) is -0.671. The van der Waals surface area contributed by atoms with Gasteiger partial charge in [0.1, 0.15) is 17.2 Å². The van der Waals surface area contributed by atoms with E-state index in [4.69, 9.17) is 5.73 Å². The molecule has 0 fully saturated rings. The number of hydrogen-bond acceptors (Lipinski definition) is 5. The first-order valence-electron chi connectivity index (χ1n) is 5.85. The van der Waals surface area contributed by atoms with Gasteiger partial charge in [0.05, 0.1) is 16.6 Å². The van der Waals surface area contributed by atoms with Crippen molar-refractivity contribution in [1.29, 1.82) is 0 Å². The minimum Gasteiger partial charge on any atom is -0.397 e. The molecule has 5 nitrogen and oxygen atoms in total. The largest absolute Gasteiger partial charge is 0.397 e. The van der Waals surface area contributed by atoms with Gasteiger partial charge >= 0.3 is 0 Å². The molecule has 0 radical (unpaired) electrons. The van der Waals surface area contributed by atoms with Gasteiger partial charge in [0, 0.05) is 6.20 Å². The summed E-state index contributed by atoms with van der Waals surface area (Å²) in [6.45, 7) is 1.75. The quantitative estimate of drug-likeness (QED) is 0.513. The second kappa shape index (κ2) is 6.33. The number of hydrogen-bond donors (Lipinski definition) is 2. The number of aromatic nitrogens is 2. The fourth-order valence-corrected chi connectivity index (χ4v) is 2.24. The molecule has 1 aromatic heterocycles. The van der Waals surface area contributed by atoms with Gasteiger partial charge in [-0.15, -0.1) is 0 Å². The zero-order chi connectivity index (χ0) is 14.5. The van der Waals surface area contributed by atoms with Gasteiger partial charge in [-0.25, -0.2) is 14.4 Å². The van der Waals surface area contributed by atoms with Crippen LogP contribution in [-0.4, -0.2) is 21.1 Å². The Morgan fingerprint density at radius 3 is 2.90 bits per heavy atom. The number of carbonyl (C=O) groups excluding carboxylic acids is 1. The van der Waals surface area contributed by atoms with Crippen molar-refractivity contribution in [3.05, 3.63) is 42.6 Å². The second-order valence-electron chi connectivity index (χ2n) is 4.03. The van der Waals surface area contributed by atoms with Crippen LogP contribution in [0.15, 0.2) is 41.8 Å². The first-order valence-corrected chi connectivity index (χ1v) is 6.73. The number of benzene rings is 1. The highest BCUT2D eigenvalue weighted by molar-refractivity contribution is 8.00. The number of halogens is 1. The Labute approximate surface area is 119 Å². The Balaban J connectivity index is 2.01. The van der Waals surface area contributed by atoms with E-state index in [1.165, 1.54) is 30.2 Å². The Morgan fingerprint density at radius 2 is 2.25 bits per heavy atom. The first-order chi connectivity index (χ1) is 9.56. The number of nitrogen functional groups attached to an aromatic ring is 1. The van der Waals surface area contributed by atoms with E-state index in [9.17, 15) is 9.18 Å². The predicted octanol–water partition coefficient (Wildman–Crippen LogP) is 2.32. The number of thioether (sulfide) groups is 1. The number of carbonyl (C=O) groups is 1. The second-order valence-corrected chi connectivity index (χ2v) is 5.39. The van der Waals surface area contributed by atoms with Gasteiger partial charge in [-0.1, -0.05) is 11.8 Å². The van der Waals surface area contributed by atoms with Crippen LogP contribution >= 0.6 is 11.8 Å². The molecule has 1 heterocycles. The monoisotopic (exact) mass is 292 g/mol. The lowest BCUT2D eigenvalue weighted by Gasteiger charge is -2.12. The molecule has 2 rings (SSSR count). The number of amides is 1. The summed E-state index contributed by atoms with van der Waals surface area (Å²) >= 11 is 1.30. The topological polar surface area (TPSA) is 80.9 Å². The van der Waals surface area contributed by atoms with Crippen molar-refractivity contribution in [3.8, 4) is 0 Å². The van der Waals surface area contributed by atoms with Crippen LogP contribution in [0.4, 0.5) is 15.8 Å². The van der Waals surface area contributed by atoms with Crippen molar-refractivity contribution >= 4 is 29.0 Å². The molecule has 2 aromatic rings. The highest BCUT2D eigenvalue weighted by Crippen LogP contribution is 2.23. The van der Waals surface area contributed by atoms with Crippen molar-refractivity contribution in [2.24, 2.45) is 0 Å². The molecule has 1 unspecified atom stereocenters. The van der Waals surface area contributed by atoms with Crippen LogP contribution in [0.25, 0.3) is 0 Å². The van der Waals surface area contributed by atoms with Crippen LogP contribution in [0.3, 0.4) is 0 Å². The minimum absolute atomic E-state index is 0.192. The van der Waals surface area contributed by atoms with Crippen molar-refractivity contribution in [2.45, 2.75) is 17.2 Å². The average Bonchev–Trinajstić information content (AvgIpc) is 2.43. The molecule has 104 valence electrons. The van der Waals surface area contributed by atoms with E-state index in [1.807, 2.05) is 0 Å². The first kappa shape index (κ1) is 14.3. The van der Waals surface area contributed by atoms with E-state index >= 15 is 0 Å². The number of nitrogens with two attached hydrogens (primary N) is 1. The van der Waals surface area contributed by atoms with Crippen LogP contribution in [0, 0.1) is 5.82 Å². The van der Waals surface area contributed by atoms with E-state index in [2.05, 4.69) is 15.3 Å². The smallest absolute Gasteiger partial charge is 0.237 e. The van der Waals surface area contributed by atoms with Crippen LogP contribution in [0.1, 0.15) is 6.92 Å². The van der Waals surface area contributed by atoms with Gasteiger partial charge < -0.3 is 11.1 Å². The van der Waals surface area contributed by atoms with Crippen LogP contribution in [0.2, 0.25) is 0 Å². The zero-order valence-corrected chi connectivity index (χ0v) is 11.5. The van der Waals surface area contributed by atoms with E-state index in [1.54, 1.807) is 19.2 Å². The van der Waals surface area contributed by atoms with Crippen molar-refractivity contribution in [3.63, 3.8) is 0 Å². The molecule has 0 aliphatic carbocycles. The van der Waals surface area contributed by atoms with Gasteiger partial charge in [-0.2, -0.15) is 0 Å². The lowest BCUT2D eigenvalue weighted by Crippen LogP contribution is -2.23. The highest BCUT2D eigenvalue weighted by Gasteiger charge is 2.16. The third-order valence-electron chi connectivity index (χ3n) is 2.49. The molecule has 20 heavy (non-hydrogen) atoms. The zero-order valence-electron chi connectivity index (χ0n) is 10.7. The van der Waals surface area contributed by atoms with Crippen molar-refractivity contribution < 1.29 is 9.18 Å². The lowest BCUT2D eigenvalue weighted by molar-refractivity contribution is -0.115. The molecule has 0 saturated heterocycles. The van der Waals surface area contributed by atoms with Gasteiger partial charge in [-0.05, 0) is 31.2 Å². The maximum absolute atomic E-state index is 12.9. The summed E-state index contributed by atoms with van der Waals surface area (Å²) in [7, 11) is 0. The average molecular weight is 292 g/mol. The molecule has 0 saturated carbocycles. The highest BCUT2D eigenvalue weighted by atomic mass is 32.2. The van der Waals surface area contributed by atoms with Gasteiger partial charge in [0.25, 0.3) is 0 Å². The molecule has 1 atom stereocenters. The molecule has 0 aliphatic heterocycles. The summed E-state index contributed by atoms with van der Waals surface area (Å²) in [6.07, 6.45) is 3.03. The molecule has 0 bridgehead atoms. The molecular weight excluding hydrogens is 279 g/mol. The van der Waals surface area contributed by atoms with Gasteiger partial charge in [0.15, 0.2) is 0 Å². The van der Waals surface area contributed by atoms with Crippen LogP contribution in [0.5, 0.6) is 0 Å². The summed E-state index contributed by atoms with van der Waals surface area (Å²) in [6, 6.07) is 5.57. The molecular formula is C13H13FN4OS. The molecule has 1 amide bonds. The summed E-state index contributed by atoms with van der Waals surface area (Å²) in [5.41, 5.74) is 6.23. The molecule has 3 N–H and O–H groups in total. The number of nitrogens with one attached hydrogen (secondary N) is 1. The van der Waals surface area contributed by atoms with Crippen molar-refractivity contribution in [1.82, 2.24) is 9.97 Å². The standard InChI is InChI=1S/C13H13FN4OS/c1-8(20-12-4-5-16-7-17-12)13(19)18-11-3-2-9(14)6-10(11)15/h2-8H,15H2,1H3,(H,18,19). The number of rotatable bonds is 4. The van der Waals surface area contributed by atoms with E-state index in [0.29, 0.717) is 10.7 Å². The normalized spacial score (nSPS) is 11.9. The third kappa shape index (κ3) is 3.67. The van der Waals surface area contributed by atoms with Crippen molar-refractivity contribution in [2.75, 3.05) is 11.1 Å². The lowest BCUT2D eigenvalue weighted by atomic mass is 10.2. The number of nitrogens with zero attached hydrogens (tertiary/aromatic N) is 2. The summed E-state index contributed by atoms with van der Waals surface area (Å²) in [5, 5.41) is 3.00. The maximum Gasteiger partial charge on any atom is 0.237 e. The minimum atomic E-state index is -0.441. The van der Waals surface area contributed by atoms with Gasteiger partial charge in [0.2, 0.25) is 5.91 Å². The number of anilines is 2. The SMILES string of the molecule is CC(Sc1ccncn1)C(=O)Nc1ccc(F)cc1N. The van der Waals surface area contributed by atoms with E-state index in [-0.39, 0.29) is 16.8 Å². The maximum atomic E-state index is 12.9. The van der Waals surface area contributed by atoms with E-state index in [0.717, 1.165) is 6.07 Å². The van der Waals surface area contributed by atoms with Crippen LogP contribution in [-0.2, 0) is 4.79 Å². The Bertz CT molecular complexity index is 609. The molecule has 0 aliphatic rings. The fourth-order valence-electron chi connectivity index (χ4n) is 1.46. The Hall–Kier alpha value is -2.15. The molecule has 0 spiro atoms. The van der Waals surface area contributed by atoms with E-state index < -0.39 is 5.82 Å². The predicted molar refractivity (Wildman–Crippen MR) is 76.8 cm³/mol. The summed E-state index contributed by atoms with van der Waals surface area (Å²) in [4.78, 5) is 19.9. The summed E-state index contributed by atoms with van der Waals surface area (Å²) < 4.78 is 12.9. The Morgan fingerprint density at radius 1 is 1.45 bits per heavy atom. The molecule has 1 aromatic carbocycles. The molecule has 7 heteroatoms. The fraction of sp³-hybridized carbons (Fsp3) is 0.154. The van der Waals surface area contributed by atoms with Crippen LogP contribution < -0.4 is 11.1 Å². The Kier molecular flexibility index (Phi) is 4.52. The van der Waals surface area contributed by atoms with Gasteiger partial charge in [-0.3, -0.25) is 4.79 Å². The third-order valence-corrected chi connectivity index (χ3v) is 3.54.